The van der Waals surface area contributed by atoms with Crippen LogP contribution in [0.3, 0.4) is 0 Å². The van der Waals surface area contributed by atoms with Crippen LogP contribution in [0.4, 0.5) is 0 Å². The van der Waals surface area contributed by atoms with Gasteiger partial charge in [0.1, 0.15) is 5.54 Å². The smallest absolute Gasteiger partial charge is 0.323 e. The molecule has 0 saturated carbocycles. The monoisotopic (exact) mass is 231 g/mol. The van der Waals surface area contributed by atoms with Gasteiger partial charge in [-0.25, -0.2) is 0 Å². The summed E-state index contributed by atoms with van der Waals surface area (Å²) >= 11 is 0. The van der Waals surface area contributed by atoms with Gasteiger partial charge in [0.2, 0.25) is 0 Å². The van der Waals surface area contributed by atoms with Crippen molar-refractivity contribution < 1.29 is 19.4 Å². The molecule has 2 atom stereocenters. The normalized spacial score (nSPS) is 24.2. The summed E-state index contributed by atoms with van der Waals surface area (Å²) < 4.78 is 10.8. The van der Waals surface area contributed by atoms with Crippen molar-refractivity contribution in [2.75, 3.05) is 26.9 Å². The largest absolute Gasteiger partial charge is 0.480 e. The third-order valence-electron chi connectivity index (χ3n) is 3.10. The standard InChI is InChI=1S/C11H21NO4/c1-11(12-2,10(13)14)5-7-15-8-9-4-3-6-16-9/h9,12H,3-8H2,1-2H3,(H,13,14). The summed E-state index contributed by atoms with van der Waals surface area (Å²) in [6.45, 7) is 3.48. The van der Waals surface area contributed by atoms with E-state index in [-0.39, 0.29) is 6.10 Å². The highest BCUT2D eigenvalue weighted by molar-refractivity contribution is 5.78. The highest BCUT2D eigenvalue weighted by Gasteiger charge is 2.30. The van der Waals surface area contributed by atoms with Gasteiger partial charge in [0.25, 0.3) is 0 Å². The highest BCUT2D eigenvalue weighted by Crippen LogP contribution is 2.13. The van der Waals surface area contributed by atoms with Crippen molar-refractivity contribution >= 4 is 5.97 Å². The molecular formula is C11H21NO4. The first-order chi connectivity index (χ1) is 7.58. The van der Waals surface area contributed by atoms with Crippen molar-refractivity contribution in [1.29, 1.82) is 0 Å². The summed E-state index contributed by atoms with van der Waals surface area (Å²) in [6.07, 6.45) is 2.79. The minimum atomic E-state index is -0.906. The number of aliphatic carboxylic acids is 1. The molecule has 0 aromatic carbocycles. The van der Waals surface area contributed by atoms with E-state index < -0.39 is 11.5 Å². The van der Waals surface area contributed by atoms with E-state index in [2.05, 4.69) is 5.32 Å². The highest BCUT2D eigenvalue weighted by atomic mass is 16.5. The Bertz CT molecular complexity index is 228. The Labute approximate surface area is 96.1 Å². The number of rotatable bonds is 7. The average Bonchev–Trinajstić information content (AvgIpc) is 2.76. The van der Waals surface area contributed by atoms with E-state index in [0.29, 0.717) is 19.6 Å². The second kappa shape index (κ2) is 6.18. The number of ether oxygens (including phenoxy) is 2. The molecule has 0 radical (unpaired) electrons. The van der Waals surface area contributed by atoms with Crippen molar-refractivity contribution in [3.8, 4) is 0 Å². The Morgan fingerprint density at radius 2 is 2.44 bits per heavy atom. The van der Waals surface area contributed by atoms with Crippen LogP contribution in [0, 0.1) is 0 Å². The van der Waals surface area contributed by atoms with Crippen molar-refractivity contribution in [1.82, 2.24) is 5.32 Å². The van der Waals surface area contributed by atoms with Crippen molar-refractivity contribution in [2.45, 2.75) is 37.8 Å². The zero-order valence-electron chi connectivity index (χ0n) is 9.99. The summed E-state index contributed by atoms with van der Waals surface area (Å²) in [7, 11) is 1.65. The van der Waals surface area contributed by atoms with Crippen molar-refractivity contribution in [2.24, 2.45) is 0 Å². The Morgan fingerprint density at radius 1 is 1.69 bits per heavy atom. The van der Waals surface area contributed by atoms with Crippen LogP contribution in [0.15, 0.2) is 0 Å². The molecule has 94 valence electrons. The lowest BCUT2D eigenvalue weighted by Gasteiger charge is -2.24. The van der Waals surface area contributed by atoms with E-state index in [1.54, 1.807) is 14.0 Å². The molecule has 16 heavy (non-hydrogen) atoms. The summed E-state index contributed by atoms with van der Waals surface area (Å²) in [5, 5.41) is 11.8. The van der Waals surface area contributed by atoms with Gasteiger partial charge >= 0.3 is 5.97 Å². The van der Waals surface area contributed by atoms with Crippen LogP contribution < -0.4 is 5.32 Å². The first-order valence-electron chi connectivity index (χ1n) is 5.70. The van der Waals surface area contributed by atoms with E-state index in [0.717, 1.165) is 19.4 Å². The third-order valence-corrected chi connectivity index (χ3v) is 3.10. The molecule has 0 aromatic heterocycles. The Morgan fingerprint density at radius 3 is 2.94 bits per heavy atom. The number of hydrogen-bond donors (Lipinski definition) is 2. The molecule has 2 unspecified atom stereocenters. The molecule has 2 N–H and O–H groups in total. The summed E-state index contributed by atoms with van der Waals surface area (Å²) in [5.74, 6) is -0.851. The maximum absolute atomic E-state index is 11.0. The quantitative estimate of drug-likeness (QED) is 0.629. The van der Waals surface area contributed by atoms with E-state index in [4.69, 9.17) is 14.6 Å². The van der Waals surface area contributed by atoms with E-state index in [1.807, 2.05) is 0 Å². The van der Waals surface area contributed by atoms with Gasteiger partial charge in [-0.1, -0.05) is 0 Å². The van der Waals surface area contributed by atoms with Crippen molar-refractivity contribution in [3.63, 3.8) is 0 Å². The molecule has 1 aliphatic heterocycles. The topological polar surface area (TPSA) is 67.8 Å². The van der Waals surface area contributed by atoms with Gasteiger partial charge < -0.3 is 19.9 Å². The first kappa shape index (κ1) is 13.4. The molecule has 5 heteroatoms. The Kier molecular flexibility index (Phi) is 5.18. The van der Waals surface area contributed by atoms with Gasteiger partial charge in [-0.15, -0.1) is 0 Å². The van der Waals surface area contributed by atoms with E-state index in [9.17, 15) is 4.79 Å². The minimum Gasteiger partial charge on any atom is -0.480 e. The number of carbonyl (C=O) groups is 1. The van der Waals surface area contributed by atoms with Gasteiger partial charge in [-0.05, 0) is 33.2 Å². The minimum absolute atomic E-state index is 0.200. The van der Waals surface area contributed by atoms with Gasteiger partial charge in [0, 0.05) is 13.2 Å². The van der Waals surface area contributed by atoms with Gasteiger partial charge in [-0.3, -0.25) is 4.79 Å². The number of likely N-dealkylation sites (N-methyl/N-ethyl adjacent to an activating group) is 1. The fourth-order valence-corrected chi connectivity index (χ4v) is 1.61. The zero-order valence-corrected chi connectivity index (χ0v) is 9.99. The maximum atomic E-state index is 11.0. The van der Waals surface area contributed by atoms with Crippen LogP contribution in [-0.2, 0) is 14.3 Å². The number of carboxylic acid groups (broad SMARTS) is 1. The summed E-state index contributed by atoms with van der Waals surface area (Å²) in [4.78, 5) is 11.0. The third kappa shape index (κ3) is 3.73. The molecule has 0 spiro atoms. The van der Waals surface area contributed by atoms with Crippen LogP contribution in [0.2, 0.25) is 0 Å². The lowest BCUT2D eigenvalue weighted by Crippen LogP contribution is -2.48. The lowest BCUT2D eigenvalue weighted by molar-refractivity contribution is -0.144. The van der Waals surface area contributed by atoms with Crippen LogP contribution in [0.5, 0.6) is 0 Å². The number of nitrogens with one attached hydrogen (secondary N) is 1. The fraction of sp³-hybridized carbons (Fsp3) is 0.909. The molecule has 1 fully saturated rings. The number of carboxylic acids is 1. The summed E-state index contributed by atoms with van der Waals surface area (Å²) in [6, 6.07) is 0. The zero-order chi connectivity index (χ0) is 12.0. The van der Waals surface area contributed by atoms with E-state index in [1.165, 1.54) is 0 Å². The predicted octanol–water partition coefficient (Wildman–Crippen LogP) is 0.635. The van der Waals surface area contributed by atoms with Crippen LogP contribution in [0.1, 0.15) is 26.2 Å². The van der Waals surface area contributed by atoms with Crippen LogP contribution in [-0.4, -0.2) is 49.6 Å². The van der Waals surface area contributed by atoms with Crippen molar-refractivity contribution in [3.05, 3.63) is 0 Å². The summed E-state index contributed by atoms with van der Waals surface area (Å²) in [5.41, 5.74) is -0.906. The van der Waals surface area contributed by atoms with E-state index >= 15 is 0 Å². The molecule has 0 aliphatic carbocycles. The fourth-order valence-electron chi connectivity index (χ4n) is 1.61. The Hall–Kier alpha value is -0.650. The SMILES string of the molecule is CNC(C)(CCOCC1CCCO1)C(=O)O. The molecule has 0 amide bonds. The molecule has 0 bridgehead atoms. The molecule has 1 saturated heterocycles. The predicted molar refractivity (Wildman–Crippen MR) is 59.5 cm³/mol. The molecular weight excluding hydrogens is 210 g/mol. The van der Waals surface area contributed by atoms with Crippen LogP contribution >= 0.6 is 0 Å². The molecule has 1 aliphatic rings. The van der Waals surface area contributed by atoms with Crippen LogP contribution in [0.25, 0.3) is 0 Å². The Balaban J connectivity index is 2.15. The molecule has 1 rings (SSSR count). The molecule has 5 nitrogen and oxygen atoms in total. The average molecular weight is 231 g/mol. The van der Waals surface area contributed by atoms with Gasteiger partial charge in [0.05, 0.1) is 12.7 Å². The second-order valence-corrected chi connectivity index (χ2v) is 4.35. The molecule has 1 heterocycles. The lowest BCUT2D eigenvalue weighted by atomic mass is 9.99. The second-order valence-electron chi connectivity index (χ2n) is 4.35. The molecule has 0 aromatic rings. The van der Waals surface area contributed by atoms with Gasteiger partial charge in [0.15, 0.2) is 0 Å². The number of hydrogen-bond acceptors (Lipinski definition) is 4. The first-order valence-corrected chi connectivity index (χ1v) is 5.70. The van der Waals surface area contributed by atoms with Gasteiger partial charge in [-0.2, -0.15) is 0 Å². The maximum Gasteiger partial charge on any atom is 0.323 e.